The van der Waals surface area contributed by atoms with E-state index < -0.39 is 4.92 Å². The summed E-state index contributed by atoms with van der Waals surface area (Å²) >= 11 is 1.29. The van der Waals surface area contributed by atoms with Crippen LogP contribution in [0.5, 0.6) is 5.75 Å². The number of aromatic nitrogens is 2. The SMILES string of the molecule is O=C1COc2ccc(-c3csc(=Nc4ccccc4[N+](=O)[O-])n3N=Cc3cccnc3)cc2N1. The molecule has 0 atom stereocenters. The van der Waals surface area contributed by atoms with E-state index in [1.54, 1.807) is 59.7 Å². The van der Waals surface area contributed by atoms with Crippen LogP contribution in [0.1, 0.15) is 5.56 Å². The number of nitro benzene ring substituents is 1. The second-order valence-corrected chi connectivity index (χ2v) is 7.99. The van der Waals surface area contributed by atoms with Gasteiger partial charge in [-0.15, -0.1) is 11.3 Å². The number of benzene rings is 2. The lowest BCUT2D eigenvalue weighted by molar-refractivity contribution is -0.384. The van der Waals surface area contributed by atoms with Crippen LogP contribution in [0.15, 0.2) is 82.5 Å². The molecule has 1 aliphatic heterocycles. The highest BCUT2D eigenvalue weighted by Crippen LogP contribution is 2.33. The van der Waals surface area contributed by atoms with Crippen LogP contribution in [-0.2, 0) is 4.79 Å². The van der Waals surface area contributed by atoms with E-state index in [4.69, 9.17) is 4.74 Å². The van der Waals surface area contributed by atoms with Gasteiger partial charge >= 0.3 is 0 Å². The van der Waals surface area contributed by atoms with Gasteiger partial charge in [0, 0.05) is 35.0 Å². The minimum Gasteiger partial charge on any atom is -0.482 e. The van der Waals surface area contributed by atoms with Gasteiger partial charge in [-0.05, 0) is 30.3 Å². The fraction of sp³-hybridized carbons (Fsp3) is 0.0435. The summed E-state index contributed by atoms with van der Waals surface area (Å²) in [6.07, 6.45) is 4.96. The largest absolute Gasteiger partial charge is 0.482 e. The van der Waals surface area contributed by atoms with Gasteiger partial charge in [-0.3, -0.25) is 19.9 Å². The van der Waals surface area contributed by atoms with Crippen molar-refractivity contribution in [2.45, 2.75) is 0 Å². The van der Waals surface area contributed by atoms with E-state index in [1.807, 2.05) is 17.5 Å². The Labute approximate surface area is 196 Å². The summed E-state index contributed by atoms with van der Waals surface area (Å²) in [6.45, 7) is -0.0287. The molecule has 5 rings (SSSR count). The minimum absolute atomic E-state index is 0.0287. The lowest BCUT2D eigenvalue weighted by Crippen LogP contribution is -2.25. The van der Waals surface area contributed by atoms with E-state index in [9.17, 15) is 14.9 Å². The van der Waals surface area contributed by atoms with Gasteiger partial charge in [0.15, 0.2) is 6.61 Å². The minimum atomic E-state index is -0.469. The number of carbonyl (C=O) groups excluding carboxylic acids is 1. The van der Waals surface area contributed by atoms with Crippen LogP contribution < -0.4 is 14.9 Å². The van der Waals surface area contributed by atoms with Crippen molar-refractivity contribution in [3.8, 4) is 17.0 Å². The molecule has 0 saturated heterocycles. The number of hydrogen-bond acceptors (Lipinski definition) is 8. The van der Waals surface area contributed by atoms with Crippen molar-refractivity contribution in [2.75, 3.05) is 11.9 Å². The number of amides is 1. The van der Waals surface area contributed by atoms with Crippen molar-refractivity contribution >= 4 is 40.5 Å². The molecular weight excluding hydrogens is 456 g/mol. The van der Waals surface area contributed by atoms with Crippen LogP contribution >= 0.6 is 11.3 Å². The third kappa shape index (κ3) is 4.32. The summed E-state index contributed by atoms with van der Waals surface area (Å²) < 4.78 is 7.05. The van der Waals surface area contributed by atoms with E-state index in [0.29, 0.717) is 21.9 Å². The van der Waals surface area contributed by atoms with Gasteiger partial charge in [0.1, 0.15) is 11.4 Å². The summed E-state index contributed by atoms with van der Waals surface area (Å²) in [7, 11) is 0. The highest BCUT2D eigenvalue weighted by atomic mass is 32.1. The summed E-state index contributed by atoms with van der Waals surface area (Å²) in [4.78, 5) is 31.8. The number of para-hydroxylation sites is 2. The smallest absolute Gasteiger partial charge is 0.294 e. The molecule has 1 N–H and O–H groups in total. The van der Waals surface area contributed by atoms with Crippen molar-refractivity contribution in [1.29, 1.82) is 0 Å². The number of rotatable bonds is 5. The van der Waals surface area contributed by atoms with Crippen LogP contribution in [0.2, 0.25) is 0 Å². The number of hydrogen-bond donors (Lipinski definition) is 1. The van der Waals surface area contributed by atoms with Gasteiger partial charge in [0.25, 0.3) is 11.6 Å². The number of ether oxygens (including phenoxy) is 1. The Kier molecular flexibility index (Phi) is 5.67. The molecule has 2 aromatic heterocycles. The molecule has 168 valence electrons. The molecule has 0 aliphatic carbocycles. The van der Waals surface area contributed by atoms with Crippen molar-refractivity contribution in [2.24, 2.45) is 10.1 Å². The second-order valence-electron chi connectivity index (χ2n) is 7.15. The lowest BCUT2D eigenvalue weighted by atomic mass is 10.1. The number of pyridine rings is 1. The number of nitro groups is 1. The Hall–Kier alpha value is -4.64. The number of nitrogens with zero attached hydrogens (tertiary/aromatic N) is 5. The van der Waals surface area contributed by atoms with E-state index >= 15 is 0 Å². The highest BCUT2D eigenvalue weighted by molar-refractivity contribution is 7.07. The zero-order valence-corrected chi connectivity index (χ0v) is 18.3. The molecule has 10 nitrogen and oxygen atoms in total. The monoisotopic (exact) mass is 472 g/mol. The molecular formula is C23H16N6O4S. The molecule has 1 amide bonds. The van der Waals surface area contributed by atoms with Crippen LogP contribution in [-0.4, -0.2) is 33.3 Å². The van der Waals surface area contributed by atoms with Gasteiger partial charge in [-0.1, -0.05) is 18.2 Å². The van der Waals surface area contributed by atoms with E-state index in [-0.39, 0.29) is 23.9 Å². The Morgan fingerprint density at radius 1 is 1.21 bits per heavy atom. The van der Waals surface area contributed by atoms with Crippen molar-refractivity contribution in [3.63, 3.8) is 0 Å². The highest BCUT2D eigenvalue weighted by Gasteiger charge is 2.18. The number of anilines is 1. The van der Waals surface area contributed by atoms with E-state index in [0.717, 1.165) is 11.1 Å². The molecule has 0 radical (unpaired) electrons. The predicted octanol–water partition coefficient (Wildman–Crippen LogP) is 3.97. The van der Waals surface area contributed by atoms with Gasteiger partial charge in [0.2, 0.25) is 4.80 Å². The van der Waals surface area contributed by atoms with Gasteiger partial charge in [-0.25, -0.2) is 9.67 Å². The summed E-state index contributed by atoms with van der Waals surface area (Å²) in [5.74, 6) is 0.346. The summed E-state index contributed by atoms with van der Waals surface area (Å²) in [5.41, 5.74) is 2.89. The second kappa shape index (κ2) is 9.08. The lowest BCUT2D eigenvalue weighted by Gasteiger charge is -2.18. The molecule has 34 heavy (non-hydrogen) atoms. The van der Waals surface area contributed by atoms with Crippen LogP contribution in [0.25, 0.3) is 11.3 Å². The van der Waals surface area contributed by atoms with Crippen LogP contribution in [0.4, 0.5) is 17.1 Å². The first-order chi connectivity index (χ1) is 16.6. The Bertz CT molecular complexity index is 1490. The maximum Gasteiger partial charge on any atom is 0.294 e. The molecule has 0 spiro atoms. The standard InChI is InChI=1S/C23H16N6O4S/c30-22-13-33-21-8-7-16(10-18(21)26-22)20-14-34-23(27-17-5-1-2-6-19(17)29(31)32)28(20)25-12-15-4-3-9-24-11-15/h1-12,14H,13H2,(H,26,30). The van der Waals surface area contributed by atoms with Gasteiger partial charge in [0.05, 0.1) is 22.5 Å². The first-order valence-corrected chi connectivity index (χ1v) is 11.0. The number of nitrogens with one attached hydrogen (secondary N) is 1. The Morgan fingerprint density at radius 3 is 2.91 bits per heavy atom. The third-order valence-corrected chi connectivity index (χ3v) is 5.71. The zero-order chi connectivity index (χ0) is 23.5. The average Bonchev–Trinajstić information content (AvgIpc) is 3.25. The Balaban J connectivity index is 1.66. The summed E-state index contributed by atoms with van der Waals surface area (Å²) in [5, 5.41) is 20.7. The third-order valence-electron chi connectivity index (χ3n) is 4.89. The average molecular weight is 472 g/mol. The van der Waals surface area contributed by atoms with Crippen molar-refractivity contribution in [1.82, 2.24) is 9.66 Å². The zero-order valence-electron chi connectivity index (χ0n) is 17.5. The van der Waals surface area contributed by atoms with Crippen molar-refractivity contribution in [3.05, 3.63) is 92.9 Å². The maximum atomic E-state index is 11.8. The molecule has 0 saturated carbocycles. The Morgan fingerprint density at radius 2 is 2.09 bits per heavy atom. The van der Waals surface area contributed by atoms with Crippen LogP contribution in [0.3, 0.4) is 0 Å². The molecule has 4 aromatic rings. The van der Waals surface area contributed by atoms with Crippen LogP contribution in [0, 0.1) is 10.1 Å². The molecule has 3 heterocycles. The number of carbonyl (C=O) groups is 1. The topological polar surface area (TPSA) is 124 Å². The maximum absolute atomic E-state index is 11.8. The van der Waals surface area contributed by atoms with E-state index in [1.165, 1.54) is 17.4 Å². The molecule has 2 aromatic carbocycles. The first kappa shape index (κ1) is 21.2. The quantitative estimate of drug-likeness (QED) is 0.267. The molecule has 0 bridgehead atoms. The summed E-state index contributed by atoms with van der Waals surface area (Å²) in [6, 6.07) is 15.3. The van der Waals surface area contributed by atoms with E-state index in [2.05, 4.69) is 20.4 Å². The van der Waals surface area contributed by atoms with Crippen molar-refractivity contribution < 1.29 is 14.5 Å². The fourth-order valence-electron chi connectivity index (χ4n) is 3.32. The number of thiazole rings is 1. The normalized spacial score (nSPS) is 13.4. The molecule has 11 heteroatoms. The van der Waals surface area contributed by atoms with Gasteiger partial charge < -0.3 is 10.1 Å². The predicted molar refractivity (Wildman–Crippen MR) is 127 cm³/mol. The first-order valence-electron chi connectivity index (χ1n) is 10.1. The van der Waals surface area contributed by atoms with Gasteiger partial charge in [-0.2, -0.15) is 5.10 Å². The molecule has 1 aliphatic rings. The molecule has 0 unspecified atom stereocenters. The molecule has 0 fully saturated rings. The fourth-order valence-corrected chi connectivity index (χ4v) is 4.17. The number of fused-ring (bicyclic) bond motifs is 1.